The molecule has 278 valence electrons. The number of hydrogen-bond donors (Lipinski definition) is 1. The number of aliphatic hydroxyl groups is 1. The first-order valence-electron chi connectivity index (χ1n) is 17.3. The van der Waals surface area contributed by atoms with Gasteiger partial charge in [0.25, 0.3) is 0 Å². The molecule has 1 aromatic carbocycles. The number of halogens is 6. The van der Waals surface area contributed by atoms with Gasteiger partial charge in [0, 0.05) is 67.4 Å². The molecule has 0 spiro atoms. The van der Waals surface area contributed by atoms with E-state index >= 15 is 0 Å². The smallest absolute Gasteiger partial charge is 0.416 e. The zero-order valence-electron chi connectivity index (χ0n) is 28.9. The molecule has 3 atom stereocenters. The van der Waals surface area contributed by atoms with Gasteiger partial charge in [-0.2, -0.15) is 31.4 Å². The first-order valence-corrected chi connectivity index (χ1v) is 17.3. The van der Waals surface area contributed by atoms with E-state index < -0.39 is 35.6 Å². The van der Waals surface area contributed by atoms with Crippen molar-refractivity contribution < 1.29 is 41.0 Å². The SMILES string of the molecule is C=C(O)C1CCC(COC(=O)N2[C@H](CC)CC(N(Cc3cc(C(F)(F)F)cc(C(F)(F)F)c3)c3ncc(-c4cnn(C)c4)cn3)C[C@@H]2CC)CC1. The van der Waals surface area contributed by atoms with Crippen LogP contribution in [0.2, 0.25) is 0 Å². The number of alkyl halides is 6. The van der Waals surface area contributed by atoms with Crippen molar-refractivity contribution in [3.8, 4) is 11.1 Å². The summed E-state index contributed by atoms with van der Waals surface area (Å²) in [5.74, 6) is 0.543. The Morgan fingerprint density at radius 3 is 1.96 bits per heavy atom. The van der Waals surface area contributed by atoms with Gasteiger partial charge in [-0.25, -0.2) is 14.8 Å². The Labute approximate surface area is 293 Å². The number of aliphatic hydroxyl groups excluding tert-OH is 1. The highest BCUT2D eigenvalue weighted by Gasteiger charge is 2.42. The number of benzene rings is 1. The van der Waals surface area contributed by atoms with Gasteiger partial charge >= 0.3 is 18.4 Å². The molecule has 3 heterocycles. The third-order valence-corrected chi connectivity index (χ3v) is 10.2. The Bertz CT molecular complexity index is 1610. The number of nitrogens with zero attached hydrogens (tertiary/aromatic N) is 6. The topological polar surface area (TPSA) is 96.6 Å². The molecule has 15 heteroatoms. The van der Waals surface area contributed by atoms with Crippen LogP contribution >= 0.6 is 0 Å². The van der Waals surface area contributed by atoms with Crippen LogP contribution in [0.1, 0.15) is 81.9 Å². The van der Waals surface area contributed by atoms with Crippen molar-refractivity contribution in [1.82, 2.24) is 24.6 Å². The summed E-state index contributed by atoms with van der Waals surface area (Å²) >= 11 is 0. The zero-order valence-corrected chi connectivity index (χ0v) is 28.9. The van der Waals surface area contributed by atoms with Crippen LogP contribution < -0.4 is 4.90 Å². The van der Waals surface area contributed by atoms with E-state index in [1.165, 1.54) is 0 Å². The minimum Gasteiger partial charge on any atom is -0.513 e. The van der Waals surface area contributed by atoms with Crippen LogP contribution in [0.15, 0.2) is 55.3 Å². The maximum absolute atomic E-state index is 13.8. The number of allylic oxidation sites excluding steroid dienone is 1. The molecule has 1 saturated carbocycles. The second-order valence-corrected chi connectivity index (χ2v) is 13.7. The van der Waals surface area contributed by atoms with Gasteiger partial charge in [0.15, 0.2) is 0 Å². The lowest BCUT2D eigenvalue weighted by molar-refractivity contribution is -0.143. The molecular formula is C36H44F6N6O3. The summed E-state index contributed by atoms with van der Waals surface area (Å²) in [6.07, 6.45) is 1.01. The molecule has 2 fully saturated rings. The predicted octanol–water partition coefficient (Wildman–Crippen LogP) is 8.96. The summed E-state index contributed by atoms with van der Waals surface area (Å²) < 4.78 is 90.4. The molecule has 9 nitrogen and oxygen atoms in total. The van der Waals surface area contributed by atoms with Crippen molar-refractivity contribution in [2.45, 2.75) is 102 Å². The second kappa shape index (κ2) is 15.5. The third kappa shape index (κ3) is 9.14. The zero-order chi connectivity index (χ0) is 37.1. The van der Waals surface area contributed by atoms with E-state index in [2.05, 4.69) is 21.6 Å². The number of carbonyl (C=O) groups is 1. The second-order valence-electron chi connectivity index (χ2n) is 13.7. The summed E-state index contributed by atoms with van der Waals surface area (Å²) in [6.45, 7) is 7.41. The Morgan fingerprint density at radius 2 is 1.49 bits per heavy atom. The first kappa shape index (κ1) is 37.9. The van der Waals surface area contributed by atoms with Gasteiger partial charge in [0.05, 0.1) is 29.7 Å². The van der Waals surface area contributed by atoms with Gasteiger partial charge in [-0.3, -0.25) is 4.68 Å². The van der Waals surface area contributed by atoms with Crippen LogP contribution in [-0.4, -0.2) is 60.6 Å². The highest BCUT2D eigenvalue weighted by atomic mass is 19.4. The minimum atomic E-state index is -5.00. The van der Waals surface area contributed by atoms with Gasteiger partial charge in [-0.15, -0.1) is 0 Å². The molecule has 51 heavy (non-hydrogen) atoms. The van der Waals surface area contributed by atoms with E-state index in [0.717, 1.165) is 43.4 Å². The van der Waals surface area contributed by atoms with Crippen molar-refractivity contribution in [2.24, 2.45) is 18.9 Å². The number of hydrogen-bond acceptors (Lipinski definition) is 7. The summed E-state index contributed by atoms with van der Waals surface area (Å²) in [7, 11) is 1.75. The molecule has 3 aromatic rings. The largest absolute Gasteiger partial charge is 0.513 e. The molecule has 1 amide bonds. The number of piperidine rings is 1. The lowest BCUT2D eigenvalue weighted by Crippen LogP contribution is -2.57. The Hall–Kier alpha value is -4.30. The van der Waals surface area contributed by atoms with Crippen molar-refractivity contribution in [3.63, 3.8) is 0 Å². The summed E-state index contributed by atoms with van der Waals surface area (Å²) in [4.78, 5) is 26.1. The molecule has 2 aromatic heterocycles. The van der Waals surface area contributed by atoms with Gasteiger partial charge in [0.2, 0.25) is 5.95 Å². The quantitative estimate of drug-likeness (QED) is 0.165. The average Bonchev–Trinajstić information content (AvgIpc) is 3.54. The standard InChI is InChI=1S/C36H44F6N6O3/c1-5-30-14-32(15-31(6-2)48(30)34(50)51-21-23-7-9-25(10-8-23)22(3)49)47(33-43-16-26(17-44-33)27-18-45-46(4)20-27)19-24-11-28(35(37,38)39)13-29(12-24)36(40,41)42/h11-13,16-18,20,23,25,30-32,49H,3,5-10,14-15,19,21H2,1-2,4H3/t23?,25?,30-,31+,32?. The number of aromatic nitrogens is 4. The van der Waals surface area contributed by atoms with Gasteiger partial charge in [-0.05, 0) is 81.0 Å². The van der Waals surface area contributed by atoms with Crippen molar-refractivity contribution in [3.05, 3.63) is 72.0 Å². The summed E-state index contributed by atoms with van der Waals surface area (Å²) in [5.41, 5.74) is -1.62. The molecule has 0 bridgehead atoms. The van der Waals surface area contributed by atoms with Crippen LogP contribution in [0.25, 0.3) is 11.1 Å². The fourth-order valence-corrected chi connectivity index (χ4v) is 7.31. The molecule has 5 rings (SSSR count). The van der Waals surface area contributed by atoms with E-state index in [1.54, 1.807) is 46.3 Å². The lowest BCUT2D eigenvalue weighted by Gasteiger charge is -2.47. The average molecular weight is 723 g/mol. The maximum atomic E-state index is 13.8. The summed E-state index contributed by atoms with van der Waals surface area (Å²) in [6, 6.07) is 0.512. The number of amides is 1. The van der Waals surface area contributed by atoms with E-state index in [1.807, 2.05) is 13.8 Å². The number of ether oxygens (including phenoxy) is 1. The van der Waals surface area contributed by atoms with Crippen LogP contribution in [0.3, 0.4) is 0 Å². The highest BCUT2D eigenvalue weighted by molar-refractivity contribution is 5.69. The van der Waals surface area contributed by atoms with Crippen LogP contribution in [0.5, 0.6) is 0 Å². The number of likely N-dealkylation sites (tertiary alicyclic amines) is 1. The maximum Gasteiger partial charge on any atom is 0.416 e. The van der Waals surface area contributed by atoms with E-state index in [-0.39, 0.29) is 60.4 Å². The van der Waals surface area contributed by atoms with Gasteiger partial charge in [0.1, 0.15) is 0 Å². The van der Waals surface area contributed by atoms with E-state index in [4.69, 9.17) is 4.74 Å². The number of anilines is 1. The first-order chi connectivity index (χ1) is 24.1. The van der Waals surface area contributed by atoms with E-state index in [0.29, 0.717) is 31.2 Å². The van der Waals surface area contributed by atoms with Crippen LogP contribution in [0.4, 0.5) is 37.1 Å². The molecule has 1 aliphatic heterocycles. The van der Waals surface area contributed by atoms with Crippen molar-refractivity contribution in [1.29, 1.82) is 0 Å². The predicted molar refractivity (Wildman–Crippen MR) is 178 cm³/mol. The molecule has 1 saturated heterocycles. The third-order valence-electron chi connectivity index (χ3n) is 10.2. The fourth-order valence-electron chi connectivity index (χ4n) is 7.31. The Morgan fingerprint density at radius 1 is 0.922 bits per heavy atom. The Kier molecular flexibility index (Phi) is 11.5. The lowest BCUT2D eigenvalue weighted by atomic mass is 9.82. The highest BCUT2D eigenvalue weighted by Crippen LogP contribution is 2.39. The van der Waals surface area contributed by atoms with E-state index in [9.17, 15) is 36.2 Å². The molecule has 1 N–H and O–H groups in total. The number of rotatable bonds is 10. The molecular weight excluding hydrogens is 678 g/mol. The molecule has 1 unspecified atom stereocenters. The monoisotopic (exact) mass is 722 g/mol. The Balaban J connectivity index is 1.42. The molecule has 1 aliphatic carbocycles. The fraction of sp³-hybridized carbons (Fsp3) is 0.556. The minimum absolute atomic E-state index is 0.0550. The molecule has 2 aliphatic rings. The van der Waals surface area contributed by atoms with Crippen molar-refractivity contribution >= 4 is 12.0 Å². The van der Waals surface area contributed by atoms with Gasteiger partial charge < -0.3 is 19.6 Å². The van der Waals surface area contributed by atoms with Crippen molar-refractivity contribution in [2.75, 3.05) is 11.5 Å². The molecule has 0 radical (unpaired) electrons. The van der Waals surface area contributed by atoms with Crippen LogP contribution in [0, 0.1) is 11.8 Å². The number of aryl methyl sites for hydroxylation is 1. The van der Waals surface area contributed by atoms with Gasteiger partial charge in [-0.1, -0.05) is 20.4 Å². The number of carbonyl (C=O) groups excluding carboxylic acids is 1. The van der Waals surface area contributed by atoms with Crippen LogP contribution in [-0.2, 0) is 30.7 Å². The normalized spacial score (nSPS) is 22.8. The summed E-state index contributed by atoms with van der Waals surface area (Å²) in [5, 5.41) is 13.9.